The van der Waals surface area contributed by atoms with Gasteiger partial charge in [-0.1, -0.05) is 17.7 Å². The number of esters is 1. The van der Waals surface area contributed by atoms with E-state index in [-0.39, 0.29) is 16.1 Å². The highest BCUT2D eigenvalue weighted by Crippen LogP contribution is 2.34. The van der Waals surface area contributed by atoms with Crippen LogP contribution in [0.5, 0.6) is 17.2 Å². The van der Waals surface area contributed by atoms with E-state index >= 15 is 0 Å². The Bertz CT molecular complexity index is 1400. The number of nitrogens with one attached hydrogen (secondary N) is 2. The summed E-state index contributed by atoms with van der Waals surface area (Å²) in [5.74, 6) is -0.318. The number of sulfonamides is 1. The van der Waals surface area contributed by atoms with Crippen LogP contribution in [0.4, 0.5) is 11.4 Å². The van der Waals surface area contributed by atoms with Gasteiger partial charge >= 0.3 is 5.97 Å². The summed E-state index contributed by atoms with van der Waals surface area (Å²) in [5, 5.41) is 2.60. The molecule has 0 saturated carbocycles. The number of hydrogen-bond acceptors (Lipinski definition) is 8. The van der Waals surface area contributed by atoms with Gasteiger partial charge in [0, 0.05) is 17.8 Å². The second-order valence-corrected chi connectivity index (χ2v) is 9.66. The molecule has 37 heavy (non-hydrogen) atoms. The van der Waals surface area contributed by atoms with E-state index < -0.39 is 28.5 Å². The summed E-state index contributed by atoms with van der Waals surface area (Å²) in [6, 6.07) is 14.1. The van der Waals surface area contributed by atoms with Gasteiger partial charge in [-0.05, 0) is 49.7 Å². The predicted molar refractivity (Wildman–Crippen MR) is 138 cm³/mol. The zero-order chi connectivity index (χ0) is 27.2. The van der Waals surface area contributed by atoms with Crippen molar-refractivity contribution in [2.24, 2.45) is 0 Å². The lowest BCUT2D eigenvalue weighted by atomic mass is 10.1. The molecule has 1 amide bonds. The molecular weight excluding hydrogens is 500 g/mol. The van der Waals surface area contributed by atoms with E-state index in [1.807, 2.05) is 6.92 Å². The molecule has 2 N–H and O–H groups in total. The van der Waals surface area contributed by atoms with Gasteiger partial charge in [0.15, 0.2) is 18.1 Å². The van der Waals surface area contributed by atoms with Crippen LogP contribution in [0.25, 0.3) is 0 Å². The Morgan fingerprint density at radius 2 is 1.49 bits per heavy atom. The Morgan fingerprint density at radius 1 is 0.838 bits per heavy atom. The minimum atomic E-state index is -3.82. The topological polar surface area (TPSA) is 129 Å². The highest BCUT2D eigenvalue weighted by Gasteiger charge is 2.20. The fourth-order valence-corrected chi connectivity index (χ4v) is 4.52. The normalized spacial score (nSPS) is 10.8. The summed E-state index contributed by atoms with van der Waals surface area (Å²) in [7, 11) is 0.246. The Kier molecular flexibility index (Phi) is 8.61. The second-order valence-electron chi connectivity index (χ2n) is 7.98. The van der Waals surface area contributed by atoms with E-state index in [9.17, 15) is 18.0 Å². The van der Waals surface area contributed by atoms with Crippen LogP contribution in [-0.4, -0.2) is 48.2 Å². The van der Waals surface area contributed by atoms with E-state index in [2.05, 4.69) is 10.0 Å². The lowest BCUT2D eigenvalue weighted by Crippen LogP contribution is -2.22. The van der Waals surface area contributed by atoms with Crippen molar-refractivity contribution in [3.05, 3.63) is 71.3 Å². The quantitative estimate of drug-likeness (QED) is 0.379. The molecule has 0 aromatic heterocycles. The summed E-state index contributed by atoms with van der Waals surface area (Å²) in [6.07, 6.45) is 0. The highest BCUT2D eigenvalue weighted by atomic mass is 32.2. The van der Waals surface area contributed by atoms with Crippen LogP contribution in [0.15, 0.2) is 59.5 Å². The van der Waals surface area contributed by atoms with Gasteiger partial charge in [-0.2, -0.15) is 0 Å². The highest BCUT2D eigenvalue weighted by molar-refractivity contribution is 7.92. The average Bonchev–Trinajstić information content (AvgIpc) is 2.88. The lowest BCUT2D eigenvalue weighted by Gasteiger charge is -2.15. The Hall–Kier alpha value is -4.25. The van der Waals surface area contributed by atoms with Gasteiger partial charge < -0.3 is 24.3 Å². The smallest absolute Gasteiger partial charge is 0.340 e. The number of benzene rings is 3. The van der Waals surface area contributed by atoms with Crippen molar-refractivity contribution >= 4 is 33.3 Å². The van der Waals surface area contributed by atoms with Crippen LogP contribution in [-0.2, 0) is 19.6 Å². The van der Waals surface area contributed by atoms with Crippen molar-refractivity contribution < 1.29 is 37.0 Å². The molecule has 0 aliphatic rings. The van der Waals surface area contributed by atoms with Gasteiger partial charge in [0.05, 0.1) is 37.5 Å². The molecule has 0 heterocycles. The molecule has 3 aromatic rings. The number of carbonyl (C=O) groups excluding carboxylic acids is 2. The molecule has 0 spiro atoms. The van der Waals surface area contributed by atoms with E-state index in [1.54, 1.807) is 31.2 Å². The average molecular weight is 529 g/mol. The SMILES string of the molecule is COC(=O)c1cc(OC)c(OC)cc1NC(=O)COc1ccc(S(=O)(=O)Nc2ccc(C)cc2)cc1C. The first-order valence-electron chi connectivity index (χ1n) is 11.0. The fraction of sp³-hybridized carbons (Fsp3) is 0.231. The largest absolute Gasteiger partial charge is 0.493 e. The van der Waals surface area contributed by atoms with Crippen LogP contribution >= 0.6 is 0 Å². The molecule has 0 fully saturated rings. The van der Waals surface area contributed by atoms with Gasteiger partial charge in [-0.3, -0.25) is 9.52 Å². The first kappa shape index (κ1) is 27.3. The minimum absolute atomic E-state index is 0.0513. The molecule has 0 radical (unpaired) electrons. The lowest BCUT2D eigenvalue weighted by molar-refractivity contribution is -0.118. The molecule has 0 aliphatic carbocycles. The van der Waals surface area contributed by atoms with Crippen LogP contribution in [0.1, 0.15) is 21.5 Å². The molecule has 0 unspecified atom stereocenters. The Balaban J connectivity index is 1.71. The van der Waals surface area contributed by atoms with E-state index in [4.69, 9.17) is 18.9 Å². The minimum Gasteiger partial charge on any atom is -0.493 e. The zero-order valence-corrected chi connectivity index (χ0v) is 21.9. The first-order valence-corrected chi connectivity index (χ1v) is 12.5. The van der Waals surface area contributed by atoms with E-state index in [0.29, 0.717) is 28.5 Å². The summed E-state index contributed by atoms with van der Waals surface area (Å²) < 4.78 is 48.9. The summed E-state index contributed by atoms with van der Waals surface area (Å²) in [5.41, 5.74) is 2.19. The summed E-state index contributed by atoms with van der Waals surface area (Å²) in [6.45, 7) is 3.18. The third kappa shape index (κ3) is 6.70. The van der Waals surface area contributed by atoms with Gasteiger partial charge in [0.1, 0.15) is 5.75 Å². The van der Waals surface area contributed by atoms with Crippen molar-refractivity contribution in [1.82, 2.24) is 0 Å². The van der Waals surface area contributed by atoms with Crippen molar-refractivity contribution in [1.29, 1.82) is 0 Å². The van der Waals surface area contributed by atoms with Crippen molar-refractivity contribution in [3.8, 4) is 17.2 Å². The molecule has 0 aliphatic heterocycles. The number of ether oxygens (including phenoxy) is 4. The monoisotopic (exact) mass is 528 g/mol. The number of aryl methyl sites for hydroxylation is 2. The molecule has 3 rings (SSSR count). The first-order chi connectivity index (χ1) is 17.6. The molecule has 10 nitrogen and oxygen atoms in total. The molecule has 3 aromatic carbocycles. The van der Waals surface area contributed by atoms with Crippen LogP contribution < -0.4 is 24.2 Å². The molecule has 0 saturated heterocycles. The molecule has 11 heteroatoms. The van der Waals surface area contributed by atoms with Gasteiger partial charge in [0.25, 0.3) is 15.9 Å². The molecular formula is C26H28N2O8S. The number of hydrogen-bond donors (Lipinski definition) is 2. The number of methoxy groups -OCH3 is 3. The Labute approximate surface area is 215 Å². The molecule has 0 bridgehead atoms. The van der Waals surface area contributed by atoms with Gasteiger partial charge in [-0.15, -0.1) is 0 Å². The van der Waals surface area contributed by atoms with Crippen molar-refractivity contribution in [2.75, 3.05) is 38.0 Å². The third-order valence-electron chi connectivity index (χ3n) is 5.32. The maximum Gasteiger partial charge on any atom is 0.340 e. The van der Waals surface area contributed by atoms with Gasteiger partial charge in [0.2, 0.25) is 0 Å². The number of rotatable bonds is 10. The molecule has 196 valence electrons. The number of carbonyl (C=O) groups is 2. The van der Waals surface area contributed by atoms with E-state index in [0.717, 1.165) is 5.56 Å². The van der Waals surface area contributed by atoms with Crippen LogP contribution in [0.3, 0.4) is 0 Å². The standard InChI is InChI=1S/C26H28N2O8S/c1-16-6-8-18(9-7-16)28-37(31,32)19-10-11-22(17(2)12-19)36-15-25(29)27-21-14-24(34-4)23(33-3)13-20(21)26(30)35-5/h6-14,28H,15H2,1-5H3,(H,27,29). The van der Waals surface area contributed by atoms with E-state index in [1.165, 1.54) is 51.7 Å². The predicted octanol–water partition coefficient (Wildman–Crippen LogP) is 3.93. The fourth-order valence-electron chi connectivity index (χ4n) is 3.38. The number of amides is 1. The molecule has 0 atom stereocenters. The second kappa shape index (κ2) is 11.7. The van der Waals surface area contributed by atoms with Crippen molar-refractivity contribution in [3.63, 3.8) is 0 Å². The summed E-state index contributed by atoms with van der Waals surface area (Å²) >= 11 is 0. The maximum absolute atomic E-state index is 12.8. The zero-order valence-electron chi connectivity index (χ0n) is 21.1. The van der Waals surface area contributed by atoms with Crippen LogP contribution in [0.2, 0.25) is 0 Å². The van der Waals surface area contributed by atoms with Crippen molar-refractivity contribution in [2.45, 2.75) is 18.7 Å². The number of anilines is 2. The summed E-state index contributed by atoms with van der Waals surface area (Å²) in [4.78, 5) is 24.8. The third-order valence-corrected chi connectivity index (χ3v) is 6.70. The van der Waals surface area contributed by atoms with Crippen LogP contribution in [0, 0.1) is 13.8 Å². The van der Waals surface area contributed by atoms with Gasteiger partial charge in [-0.25, -0.2) is 13.2 Å². The Morgan fingerprint density at radius 3 is 2.08 bits per heavy atom. The maximum atomic E-state index is 12.8.